The Balaban J connectivity index is 1.44. The van der Waals surface area contributed by atoms with Gasteiger partial charge in [-0.3, -0.25) is 4.40 Å². The van der Waals surface area contributed by atoms with E-state index in [0.29, 0.717) is 13.1 Å². The number of hydrogen-bond acceptors (Lipinski definition) is 5. The summed E-state index contributed by atoms with van der Waals surface area (Å²) in [5, 5.41) is 14.9. The highest BCUT2D eigenvalue weighted by Gasteiger charge is 2.13. The number of aliphatic imine (C=N–C) groups is 1. The molecule has 0 saturated heterocycles. The molecule has 0 atom stereocenters. The Kier molecular flexibility index (Phi) is 4.55. The predicted octanol–water partition coefficient (Wildman–Crippen LogP) is 1.71. The van der Waals surface area contributed by atoms with Crippen LogP contribution in [0.3, 0.4) is 0 Å². The Morgan fingerprint density at radius 1 is 1.15 bits per heavy atom. The molecule has 1 aromatic carbocycles. The second-order valence-electron chi connectivity index (χ2n) is 5.78. The fourth-order valence-corrected chi connectivity index (χ4v) is 2.73. The average Bonchev–Trinajstić information content (AvgIpc) is 3.30. The lowest BCUT2D eigenvalue weighted by Gasteiger charge is -2.10. The monoisotopic (exact) mass is 352 g/mol. The molecule has 8 nitrogen and oxygen atoms in total. The molecule has 3 heterocycles. The Morgan fingerprint density at radius 3 is 3.00 bits per heavy atom. The highest BCUT2D eigenvalue weighted by Crippen LogP contribution is 2.32. The first kappa shape index (κ1) is 16.2. The number of fused-ring (bicyclic) bond motifs is 2. The summed E-state index contributed by atoms with van der Waals surface area (Å²) < 4.78 is 12.7. The molecule has 3 aromatic rings. The molecule has 0 fully saturated rings. The van der Waals surface area contributed by atoms with Crippen LogP contribution in [0, 0.1) is 0 Å². The van der Waals surface area contributed by atoms with Crippen molar-refractivity contribution in [3.05, 3.63) is 54.0 Å². The van der Waals surface area contributed by atoms with Crippen molar-refractivity contribution in [2.75, 3.05) is 13.3 Å². The van der Waals surface area contributed by atoms with E-state index in [4.69, 9.17) is 9.47 Å². The Labute approximate surface area is 150 Å². The third-order valence-electron chi connectivity index (χ3n) is 4.00. The van der Waals surface area contributed by atoms with Gasteiger partial charge in [0.05, 0.1) is 13.1 Å². The molecule has 1 aliphatic rings. The standard InChI is InChI=1S/C18H20N6O2/c1-2-19-18(20-10-13-6-7-14-15(9-13)26-12-25-14)21-11-17-23-22-16-5-3-4-8-24(16)17/h3-9H,2,10-12H2,1H3,(H2,19,20,21). The minimum Gasteiger partial charge on any atom is -0.454 e. The fraction of sp³-hybridized carbons (Fsp3) is 0.278. The van der Waals surface area contributed by atoms with Gasteiger partial charge in [-0.1, -0.05) is 12.1 Å². The number of guanidine groups is 1. The molecule has 0 spiro atoms. The maximum atomic E-state index is 5.41. The van der Waals surface area contributed by atoms with Crippen molar-refractivity contribution in [2.24, 2.45) is 4.99 Å². The van der Waals surface area contributed by atoms with Crippen molar-refractivity contribution in [1.82, 2.24) is 25.2 Å². The van der Waals surface area contributed by atoms with Gasteiger partial charge in [0.1, 0.15) is 0 Å². The second-order valence-corrected chi connectivity index (χ2v) is 5.78. The molecule has 8 heteroatoms. The van der Waals surface area contributed by atoms with Crippen LogP contribution in [0.25, 0.3) is 5.65 Å². The predicted molar refractivity (Wildman–Crippen MR) is 97.2 cm³/mol. The third kappa shape index (κ3) is 3.39. The van der Waals surface area contributed by atoms with Crippen molar-refractivity contribution < 1.29 is 9.47 Å². The van der Waals surface area contributed by atoms with Crippen molar-refractivity contribution in [3.63, 3.8) is 0 Å². The Bertz CT molecular complexity index is 936. The van der Waals surface area contributed by atoms with E-state index in [9.17, 15) is 0 Å². The Hall–Kier alpha value is -3.29. The number of rotatable bonds is 5. The van der Waals surface area contributed by atoms with E-state index in [2.05, 4.69) is 25.8 Å². The summed E-state index contributed by atoms with van der Waals surface area (Å²) in [5.74, 6) is 3.10. The van der Waals surface area contributed by atoms with Crippen LogP contribution in [0.2, 0.25) is 0 Å². The summed E-state index contributed by atoms with van der Waals surface area (Å²) in [6.07, 6.45) is 1.95. The van der Waals surface area contributed by atoms with Crippen LogP contribution in [0.5, 0.6) is 11.5 Å². The molecule has 1 aliphatic heterocycles. The zero-order valence-corrected chi connectivity index (χ0v) is 14.5. The zero-order valence-electron chi connectivity index (χ0n) is 14.5. The molecule has 2 aromatic heterocycles. The summed E-state index contributed by atoms with van der Waals surface area (Å²) in [6.45, 7) is 4.14. The number of nitrogens with zero attached hydrogens (tertiary/aromatic N) is 4. The van der Waals surface area contributed by atoms with Crippen molar-refractivity contribution in [1.29, 1.82) is 0 Å². The first-order valence-electron chi connectivity index (χ1n) is 8.53. The molecule has 26 heavy (non-hydrogen) atoms. The van der Waals surface area contributed by atoms with Crippen LogP contribution in [-0.2, 0) is 13.1 Å². The number of aromatic nitrogens is 3. The summed E-state index contributed by atoms with van der Waals surface area (Å²) >= 11 is 0. The van der Waals surface area contributed by atoms with Crippen LogP contribution in [-0.4, -0.2) is 33.9 Å². The lowest BCUT2D eigenvalue weighted by atomic mass is 10.2. The van der Waals surface area contributed by atoms with E-state index in [-0.39, 0.29) is 6.79 Å². The molecule has 2 N–H and O–H groups in total. The number of pyridine rings is 1. The molecule has 0 saturated carbocycles. The lowest BCUT2D eigenvalue weighted by molar-refractivity contribution is 0.174. The van der Waals surface area contributed by atoms with Gasteiger partial charge in [-0.2, -0.15) is 0 Å². The minimum atomic E-state index is 0.276. The zero-order chi connectivity index (χ0) is 17.8. The number of ether oxygens (including phenoxy) is 2. The molecular formula is C18H20N6O2. The van der Waals surface area contributed by atoms with Gasteiger partial charge in [0, 0.05) is 12.7 Å². The van der Waals surface area contributed by atoms with E-state index < -0.39 is 0 Å². The lowest BCUT2D eigenvalue weighted by Crippen LogP contribution is -2.37. The molecule has 0 aliphatic carbocycles. The summed E-state index contributed by atoms with van der Waals surface area (Å²) in [7, 11) is 0. The molecule has 4 rings (SSSR count). The van der Waals surface area contributed by atoms with Crippen LogP contribution < -0.4 is 20.1 Å². The van der Waals surface area contributed by atoms with Crippen molar-refractivity contribution >= 4 is 11.6 Å². The fourth-order valence-electron chi connectivity index (χ4n) is 2.73. The maximum Gasteiger partial charge on any atom is 0.231 e. The van der Waals surface area contributed by atoms with Crippen molar-refractivity contribution in [2.45, 2.75) is 20.0 Å². The highest BCUT2D eigenvalue weighted by atomic mass is 16.7. The van der Waals surface area contributed by atoms with Crippen LogP contribution >= 0.6 is 0 Å². The van der Waals surface area contributed by atoms with Gasteiger partial charge >= 0.3 is 0 Å². The average molecular weight is 352 g/mol. The normalized spacial score (nSPS) is 13.2. The van der Waals surface area contributed by atoms with Crippen LogP contribution in [0.4, 0.5) is 0 Å². The third-order valence-corrected chi connectivity index (χ3v) is 4.00. The van der Waals surface area contributed by atoms with Gasteiger partial charge < -0.3 is 20.1 Å². The Morgan fingerprint density at radius 2 is 2.08 bits per heavy atom. The van der Waals surface area contributed by atoms with E-state index in [1.54, 1.807) is 0 Å². The van der Waals surface area contributed by atoms with Gasteiger partial charge in [-0.25, -0.2) is 4.99 Å². The number of hydrogen-bond donors (Lipinski definition) is 2. The molecule has 134 valence electrons. The molecule has 0 unspecified atom stereocenters. The van der Waals surface area contributed by atoms with E-state index in [1.807, 2.05) is 53.9 Å². The summed E-state index contributed by atoms with van der Waals surface area (Å²) in [5.41, 5.74) is 1.88. The highest BCUT2D eigenvalue weighted by molar-refractivity contribution is 5.79. The first-order valence-corrected chi connectivity index (χ1v) is 8.53. The summed E-state index contributed by atoms with van der Waals surface area (Å²) in [4.78, 5) is 4.63. The molecule has 0 bridgehead atoms. The van der Waals surface area contributed by atoms with E-state index >= 15 is 0 Å². The molecule has 0 radical (unpaired) electrons. The van der Waals surface area contributed by atoms with Crippen LogP contribution in [0.15, 0.2) is 47.6 Å². The largest absolute Gasteiger partial charge is 0.454 e. The number of benzene rings is 1. The minimum absolute atomic E-state index is 0.276. The van der Waals surface area contributed by atoms with Gasteiger partial charge in [0.2, 0.25) is 6.79 Å². The van der Waals surface area contributed by atoms with E-state index in [1.165, 1.54) is 0 Å². The van der Waals surface area contributed by atoms with Gasteiger partial charge in [-0.05, 0) is 36.8 Å². The molecule has 0 amide bonds. The topological polar surface area (TPSA) is 85.1 Å². The maximum absolute atomic E-state index is 5.41. The summed E-state index contributed by atoms with van der Waals surface area (Å²) in [6, 6.07) is 11.7. The SMILES string of the molecule is CCNC(=NCc1ccc2c(c1)OCO2)NCc1nnc2ccccn12. The van der Waals surface area contributed by atoms with E-state index in [0.717, 1.165) is 41.0 Å². The van der Waals surface area contributed by atoms with Gasteiger partial charge in [0.25, 0.3) is 0 Å². The smallest absolute Gasteiger partial charge is 0.231 e. The number of nitrogens with one attached hydrogen (secondary N) is 2. The van der Waals surface area contributed by atoms with Crippen molar-refractivity contribution in [3.8, 4) is 11.5 Å². The second kappa shape index (κ2) is 7.30. The molecular weight excluding hydrogens is 332 g/mol. The first-order chi connectivity index (χ1) is 12.8. The quantitative estimate of drug-likeness (QED) is 0.537. The van der Waals surface area contributed by atoms with Gasteiger partial charge in [0.15, 0.2) is 28.9 Å². The van der Waals surface area contributed by atoms with Gasteiger partial charge in [-0.15, -0.1) is 10.2 Å². The van der Waals surface area contributed by atoms with Crippen LogP contribution in [0.1, 0.15) is 18.3 Å².